The van der Waals surface area contributed by atoms with Gasteiger partial charge in [-0.3, -0.25) is 0 Å². The van der Waals surface area contributed by atoms with Crippen molar-refractivity contribution in [2.45, 2.75) is 91.9 Å². The molecule has 7 aromatic rings. The molecule has 0 radical (unpaired) electrons. The molecular formula is C52H54N2O2S. The van der Waals surface area contributed by atoms with Gasteiger partial charge < -0.3 is 19.3 Å². The summed E-state index contributed by atoms with van der Waals surface area (Å²) in [4.78, 5) is 4.46. The smallest absolute Gasteiger partial charge is 0.163 e. The first-order chi connectivity index (χ1) is 27.0. The zero-order valence-corrected chi connectivity index (χ0v) is 35.8. The quantitative estimate of drug-likeness (QED) is 0.183. The molecule has 1 aliphatic carbocycles. The molecule has 0 saturated carbocycles. The van der Waals surface area contributed by atoms with Crippen LogP contribution in [0.2, 0.25) is 0 Å². The first kappa shape index (κ1) is 38.4. The van der Waals surface area contributed by atoms with E-state index in [1.807, 2.05) is 12.1 Å². The lowest BCUT2D eigenvalue weighted by Gasteiger charge is -2.32. The third-order valence-corrected chi connectivity index (χ3v) is 12.1. The molecule has 5 aromatic carbocycles. The van der Waals surface area contributed by atoms with E-state index in [1.165, 1.54) is 21.4 Å². The van der Waals surface area contributed by atoms with Gasteiger partial charge in [-0.15, -0.1) is 11.3 Å². The third-order valence-electron chi connectivity index (χ3n) is 11.2. The van der Waals surface area contributed by atoms with Gasteiger partial charge in [0, 0.05) is 32.4 Å². The van der Waals surface area contributed by atoms with Gasteiger partial charge in [0.15, 0.2) is 5.75 Å². The van der Waals surface area contributed by atoms with Crippen molar-refractivity contribution >= 4 is 78.7 Å². The summed E-state index contributed by atoms with van der Waals surface area (Å²) < 4.78 is 7.70. The summed E-state index contributed by atoms with van der Waals surface area (Å²) in [6.07, 6.45) is 9.40. The summed E-state index contributed by atoms with van der Waals surface area (Å²) in [7, 11) is 0. The van der Waals surface area contributed by atoms with E-state index >= 15 is 0 Å². The highest BCUT2D eigenvalue weighted by atomic mass is 32.1. The Hall–Kier alpha value is -5.52. The molecule has 0 spiro atoms. The zero-order valence-electron chi connectivity index (χ0n) is 35.0. The summed E-state index contributed by atoms with van der Waals surface area (Å²) in [5.41, 5.74) is 11.9. The van der Waals surface area contributed by atoms with Gasteiger partial charge in [0.05, 0.1) is 28.1 Å². The summed E-state index contributed by atoms with van der Waals surface area (Å²) in [5, 5.41) is 17.4. The Morgan fingerprint density at radius 1 is 0.596 bits per heavy atom. The number of allylic oxidation sites excluding steroid dienone is 2. The molecule has 0 aliphatic heterocycles. The molecule has 4 nitrogen and oxygen atoms in total. The molecule has 2 heterocycles. The molecule has 8 rings (SSSR count). The van der Waals surface area contributed by atoms with Gasteiger partial charge in [-0.2, -0.15) is 0 Å². The number of furan rings is 1. The van der Waals surface area contributed by atoms with Crippen LogP contribution in [-0.4, -0.2) is 5.11 Å². The number of phenols is 1. The van der Waals surface area contributed by atoms with Gasteiger partial charge in [-0.1, -0.05) is 117 Å². The van der Waals surface area contributed by atoms with Crippen LogP contribution in [0.3, 0.4) is 0 Å². The molecule has 1 aliphatic rings. The highest BCUT2D eigenvalue weighted by Gasteiger charge is 2.29. The van der Waals surface area contributed by atoms with Crippen LogP contribution in [0.25, 0.3) is 33.2 Å². The van der Waals surface area contributed by atoms with E-state index in [4.69, 9.17) is 4.42 Å². The number of nitrogens with zero attached hydrogens (tertiary/aromatic N) is 2. The van der Waals surface area contributed by atoms with Crippen LogP contribution in [0.4, 0.5) is 34.1 Å². The highest BCUT2D eigenvalue weighted by Crippen LogP contribution is 2.53. The van der Waals surface area contributed by atoms with Crippen LogP contribution in [-0.2, 0) is 16.2 Å². The minimum atomic E-state index is -0.0223. The van der Waals surface area contributed by atoms with E-state index in [1.54, 1.807) is 11.3 Å². The molecule has 290 valence electrons. The second-order valence-electron chi connectivity index (χ2n) is 18.6. The number of fused-ring (bicyclic) bond motifs is 4. The number of aryl methyl sites for hydroxylation is 1. The maximum atomic E-state index is 13.0. The molecule has 0 saturated heterocycles. The minimum absolute atomic E-state index is 0.000970. The lowest BCUT2D eigenvalue weighted by atomic mass is 9.86. The molecule has 1 N–H and O–H groups in total. The van der Waals surface area contributed by atoms with E-state index in [-0.39, 0.29) is 22.0 Å². The number of anilines is 6. The lowest BCUT2D eigenvalue weighted by molar-refractivity contribution is 0.477. The number of benzene rings is 5. The van der Waals surface area contributed by atoms with Crippen LogP contribution < -0.4 is 9.80 Å². The Labute approximate surface area is 342 Å². The Balaban J connectivity index is 1.41. The van der Waals surface area contributed by atoms with Crippen molar-refractivity contribution in [3.05, 3.63) is 148 Å². The topological polar surface area (TPSA) is 39.9 Å². The second-order valence-corrected chi connectivity index (χ2v) is 19.5. The fourth-order valence-corrected chi connectivity index (χ4v) is 8.77. The fourth-order valence-electron chi connectivity index (χ4n) is 7.86. The zero-order chi connectivity index (χ0) is 40.4. The summed E-state index contributed by atoms with van der Waals surface area (Å²) >= 11 is 1.74. The molecule has 57 heavy (non-hydrogen) atoms. The molecule has 5 heteroatoms. The molecule has 0 unspecified atom stereocenters. The highest BCUT2D eigenvalue weighted by molar-refractivity contribution is 7.17. The molecule has 0 fully saturated rings. The Bertz CT molecular complexity index is 2670. The minimum Gasteiger partial charge on any atom is -0.504 e. The maximum Gasteiger partial charge on any atom is 0.163 e. The third kappa shape index (κ3) is 7.19. The maximum absolute atomic E-state index is 13.0. The number of rotatable bonds is 6. The average Bonchev–Trinajstić information content (AvgIpc) is 3.65. The predicted molar refractivity (Wildman–Crippen MR) is 246 cm³/mol. The van der Waals surface area contributed by atoms with Gasteiger partial charge in [0.1, 0.15) is 11.3 Å². The van der Waals surface area contributed by atoms with E-state index in [0.717, 1.165) is 62.4 Å². The van der Waals surface area contributed by atoms with Crippen LogP contribution in [0, 0.1) is 6.92 Å². The van der Waals surface area contributed by atoms with E-state index in [0.29, 0.717) is 11.4 Å². The number of aromatic hydroxyl groups is 1. The van der Waals surface area contributed by atoms with Crippen LogP contribution in [0.15, 0.2) is 119 Å². The van der Waals surface area contributed by atoms with Gasteiger partial charge in [-0.05, 0) is 119 Å². The number of hydrogen-bond donors (Lipinski definition) is 1. The Morgan fingerprint density at radius 2 is 1.14 bits per heavy atom. The first-order valence-corrected chi connectivity index (χ1v) is 20.9. The standard InChI is InChI=1S/C52H54N2O2S/c1-33-29-42(53(37-24-19-34(20-25-37)50(2,3)4)41-16-14-18-46-48(41)39-15-12-11-13-17-45(39)56-46)49(55)43(30-33)54(38-26-21-35(22-27-38)51(5,6)7)44-32-57-47-28-23-36(31-40(44)47)52(8,9)10/h12-32,55H,11H2,1-10H3. The average molecular weight is 771 g/mol. The normalized spacial score (nSPS) is 13.3. The van der Waals surface area contributed by atoms with Gasteiger partial charge in [0.2, 0.25) is 0 Å². The largest absolute Gasteiger partial charge is 0.504 e. The number of hydrogen-bond acceptors (Lipinski definition) is 5. The van der Waals surface area contributed by atoms with Gasteiger partial charge >= 0.3 is 0 Å². The summed E-state index contributed by atoms with van der Waals surface area (Å²) in [5.74, 6) is 1.03. The predicted octanol–water partition coefficient (Wildman–Crippen LogP) is 15.9. The second kappa shape index (κ2) is 14.1. The van der Waals surface area contributed by atoms with Gasteiger partial charge in [-0.25, -0.2) is 0 Å². The first-order valence-electron chi connectivity index (χ1n) is 20.0. The number of phenolic OH excluding ortho intramolecular Hbond substituents is 1. The van der Waals surface area contributed by atoms with Crippen molar-refractivity contribution in [2.24, 2.45) is 0 Å². The molecule has 0 amide bonds. The van der Waals surface area contributed by atoms with Crippen molar-refractivity contribution in [3.8, 4) is 5.75 Å². The van der Waals surface area contributed by atoms with E-state index in [2.05, 4.69) is 194 Å². The summed E-state index contributed by atoms with van der Waals surface area (Å²) in [6.45, 7) is 22.3. The van der Waals surface area contributed by atoms with Crippen LogP contribution in [0.1, 0.15) is 102 Å². The SMILES string of the molecule is Cc1cc(N(c2ccc(C(C)(C)C)cc2)c2csc3ccc(C(C)(C)C)cc23)c(O)c(N(c2ccc(C(C)(C)C)cc2)c2cccc3oc4c(c23)C=CCC=C4)c1. The van der Waals surface area contributed by atoms with Gasteiger partial charge in [0.25, 0.3) is 0 Å². The van der Waals surface area contributed by atoms with E-state index in [9.17, 15) is 5.11 Å². The van der Waals surface area contributed by atoms with Crippen LogP contribution >= 0.6 is 11.3 Å². The fraction of sp³-hybridized carbons (Fsp3) is 0.269. The lowest BCUT2D eigenvalue weighted by Crippen LogP contribution is -2.16. The Kier molecular flexibility index (Phi) is 9.52. The van der Waals surface area contributed by atoms with Crippen molar-refractivity contribution in [1.29, 1.82) is 0 Å². The molecule has 0 atom stereocenters. The summed E-state index contributed by atoms with van der Waals surface area (Å²) in [6, 6.07) is 34.9. The Morgan fingerprint density at radius 3 is 1.72 bits per heavy atom. The van der Waals surface area contributed by atoms with Crippen molar-refractivity contribution in [3.63, 3.8) is 0 Å². The van der Waals surface area contributed by atoms with Crippen molar-refractivity contribution < 1.29 is 9.52 Å². The number of thiophene rings is 1. The monoisotopic (exact) mass is 770 g/mol. The molecule has 0 bridgehead atoms. The van der Waals surface area contributed by atoms with E-state index < -0.39 is 0 Å². The van der Waals surface area contributed by atoms with Crippen LogP contribution in [0.5, 0.6) is 5.75 Å². The molecular weight excluding hydrogens is 717 g/mol. The van der Waals surface area contributed by atoms with Crippen molar-refractivity contribution in [2.75, 3.05) is 9.80 Å². The molecule has 2 aromatic heterocycles. The van der Waals surface area contributed by atoms with Crippen molar-refractivity contribution in [1.82, 2.24) is 0 Å².